The number of hydrogen-bond acceptors (Lipinski definition) is 6. The van der Waals surface area contributed by atoms with Gasteiger partial charge in [-0.3, -0.25) is 0 Å². The van der Waals surface area contributed by atoms with E-state index in [0.29, 0.717) is 5.75 Å². The second-order valence-electron chi connectivity index (χ2n) is 4.61. The van der Waals surface area contributed by atoms with Crippen LogP contribution in [0, 0.1) is 0 Å². The summed E-state index contributed by atoms with van der Waals surface area (Å²) in [6, 6.07) is 4.33. The molecule has 0 unspecified atom stereocenters. The number of nitrogens with one attached hydrogen (secondary N) is 2. The first-order chi connectivity index (χ1) is 10.3. The van der Waals surface area contributed by atoms with Gasteiger partial charge in [0, 0.05) is 16.3 Å². The van der Waals surface area contributed by atoms with Crippen LogP contribution >= 0.6 is 11.3 Å². The van der Waals surface area contributed by atoms with Gasteiger partial charge in [-0.15, -0.1) is 11.3 Å². The lowest BCUT2D eigenvalue weighted by Crippen LogP contribution is -2.08. The molecule has 2 aromatic heterocycles. The molecule has 0 aliphatic carbocycles. The molecular formula is C15H22N4OS. The van der Waals surface area contributed by atoms with Gasteiger partial charge in [-0.05, 0) is 25.0 Å². The van der Waals surface area contributed by atoms with Crippen molar-refractivity contribution in [3.63, 3.8) is 0 Å². The summed E-state index contributed by atoms with van der Waals surface area (Å²) in [7, 11) is 1.64. The van der Waals surface area contributed by atoms with Crippen molar-refractivity contribution in [1.29, 1.82) is 0 Å². The maximum absolute atomic E-state index is 5.44. The van der Waals surface area contributed by atoms with Crippen molar-refractivity contribution in [3.05, 3.63) is 28.2 Å². The largest absolute Gasteiger partial charge is 0.490 e. The number of thiophene rings is 1. The molecule has 0 bridgehead atoms. The summed E-state index contributed by atoms with van der Waals surface area (Å²) < 4.78 is 5.44. The van der Waals surface area contributed by atoms with Gasteiger partial charge in [0.15, 0.2) is 11.6 Å². The second-order valence-corrected chi connectivity index (χ2v) is 5.86. The van der Waals surface area contributed by atoms with Crippen LogP contribution in [0.5, 0.6) is 5.75 Å². The Kier molecular flexibility index (Phi) is 5.80. The molecule has 0 radical (unpaired) electrons. The van der Waals surface area contributed by atoms with Gasteiger partial charge in [0.25, 0.3) is 0 Å². The smallest absolute Gasteiger partial charge is 0.204 e. The quantitative estimate of drug-likeness (QED) is 0.781. The van der Waals surface area contributed by atoms with E-state index in [-0.39, 0.29) is 0 Å². The Morgan fingerprint density at radius 1 is 1.10 bits per heavy atom. The molecule has 2 rings (SSSR count). The minimum absolute atomic E-state index is 0.665. The van der Waals surface area contributed by atoms with Crippen LogP contribution in [0.15, 0.2) is 18.5 Å². The molecule has 0 fully saturated rings. The molecule has 0 amide bonds. The van der Waals surface area contributed by atoms with Gasteiger partial charge in [0.2, 0.25) is 5.75 Å². The lowest BCUT2D eigenvalue weighted by molar-refractivity contribution is 0.414. The Bertz CT molecular complexity index is 571. The van der Waals surface area contributed by atoms with Crippen LogP contribution in [-0.4, -0.2) is 23.6 Å². The summed E-state index contributed by atoms with van der Waals surface area (Å²) in [4.78, 5) is 11.2. The topological polar surface area (TPSA) is 59.1 Å². The summed E-state index contributed by atoms with van der Waals surface area (Å²) in [6.45, 7) is 5.88. The van der Waals surface area contributed by atoms with Crippen LogP contribution < -0.4 is 15.4 Å². The predicted octanol–water partition coefficient (Wildman–Crippen LogP) is 3.54. The standard InChI is InChI=1S/C15H22N4OS/c1-4-8-16-14-13(20-3)15(19-10-18-14)17-9-12-7-6-11(5-2)21-12/h6-7,10H,4-5,8-9H2,1-3H3,(H2,16,17,18,19). The normalized spacial score (nSPS) is 10.4. The molecule has 2 heterocycles. The van der Waals surface area contributed by atoms with E-state index in [1.165, 1.54) is 9.75 Å². The molecule has 0 aliphatic heterocycles. The van der Waals surface area contributed by atoms with Crippen LogP contribution in [0.3, 0.4) is 0 Å². The fraction of sp³-hybridized carbons (Fsp3) is 0.467. The number of ether oxygens (including phenoxy) is 1. The van der Waals surface area contributed by atoms with E-state index in [1.807, 2.05) is 11.3 Å². The highest BCUT2D eigenvalue weighted by atomic mass is 32.1. The van der Waals surface area contributed by atoms with Gasteiger partial charge >= 0.3 is 0 Å². The van der Waals surface area contributed by atoms with Gasteiger partial charge in [-0.25, -0.2) is 9.97 Å². The van der Waals surface area contributed by atoms with Crippen LogP contribution in [-0.2, 0) is 13.0 Å². The van der Waals surface area contributed by atoms with Crippen molar-refractivity contribution in [2.24, 2.45) is 0 Å². The average molecular weight is 306 g/mol. The Hall–Kier alpha value is -1.82. The molecule has 114 valence electrons. The van der Waals surface area contributed by atoms with Gasteiger partial charge in [-0.2, -0.15) is 0 Å². The van der Waals surface area contributed by atoms with Gasteiger partial charge in [0.1, 0.15) is 6.33 Å². The zero-order valence-corrected chi connectivity index (χ0v) is 13.6. The molecule has 6 heteroatoms. The summed E-state index contributed by atoms with van der Waals surface area (Å²) in [5.41, 5.74) is 0. The number of anilines is 2. The molecule has 2 aromatic rings. The lowest BCUT2D eigenvalue weighted by Gasteiger charge is -2.13. The van der Waals surface area contributed by atoms with Crippen molar-refractivity contribution in [1.82, 2.24) is 9.97 Å². The number of rotatable bonds is 8. The second kappa shape index (κ2) is 7.83. The molecule has 0 atom stereocenters. The van der Waals surface area contributed by atoms with E-state index in [9.17, 15) is 0 Å². The first kappa shape index (κ1) is 15.6. The minimum Gasteiger partial charge on any atom is -0.490 e. The van der Waals surface area contributed by atoms with E-state index in [1.54, 1.807) is 13.4 Å². The predicted molar refractivity (Wildman–Crippen MR) is 88.4 cm³/mol. The van der Waals surface area contributed by atoms with Crippen LogP contribution in [0.2, 0.25) is 0 Å². The van der Waals surface area contributed by atoms with E-state index in [2.05, 4.69) is 46.6 Å². The number of nitrogens with zero attached hydrogens (tertiary/aromatic N) is 2. The molecule has 0 aliphatic rings. The Balaban J connectivity index is 2.08. The highest BCUT2D eigenvalue weighted by Gasteiger charge is 2.11. The summed E-state index contributed by atoms with van der Waals surface area (Å²) >= 11 is 1.82. The fourth-order valence-electron chi connectivity index (χ4n) is 1.94. The third-order valence-corrected chi connectivity index (χ3v) is 4.28. The molecule has 0 spiro atoms. The molecule has 0 saturated carbocycles. The fourth-order valence-corrected chi connectivity index (χ4v) is 2.84. The minimum atomic E-state index is 0.665. The third-order valence-electron chi connectivity index (χ3n) is 3.05. The molecule has 21 heavy (non-hydrogen) atoms. The van der Waals surface area contributed by atoms with Crippen LogP contribution in [0.1, 0.15) is 30.0 Å². The summed E-state index contributed by atoms with van der Waals surface area (Å²) in [6.07, 6.45) is 3.66. The molecule has 2 N–H and O–H groups in total. The zero-order valence-electron chi connectivity index (χ0n) is 12.8. The highest BCUT2D eigenvalue weighted by molar-refractivity contribution is 7.12. The molecule has 0 saturated heterocycles. The van der Waals surface area contributed by atoms with Crippen LogP contribution in [0.25, 0.3) is 0 Å². The molecule has 5 nitrogen and oxygen atoms in total. The number of hydrogen-bond donors (Lipinski definition) is 2. The van der Waals surface area contributed by atoms with Crippen molar-refractivity contribution < 1.29 is 4.74 Å². The SMILES string of the molecule is CCCNc1ncnc(NCc2ccc(CC)s2)c1OC. The maximum atomic E-state index is 5.44. The number of methoxy groups -OCH3 is 1. The summed E-state index contributed by atoms with van der Waals surface area (Å²) in [5.74, 6) is 2.12. The van der Waals surface area contributed by atoms with Gasteiger partial charge in [-0.1, -0.05) is 13.8 Å². The van der Waals surface area contributed by atoms with Crippen LogP contribution in [0.4, 0.5) is 11.6 Å². The zero-order chi connectivity index (χ0) is 15.1. The monoisotopic (exact) mass is 306 g/mol. The number of aryl methyl sites for hydroxylation is 1. The van der Waals surface area contributed by atoms with Crippen molar-refractivity contribution in [2.45, 2.75) is 33.2 Å². The van der Waals surface area contributed by atoms with Crippen molar-refractivity contribution >= 4 is 23.0 Å². The van der Waals surface area contributed by atoms with E-state index >= 15 is 0 Å². The van der Waals surface area contributed by atoms with E-state index < -0.39 is 0 Å². The Morgan fingerprint density at radius 2 is 1.81 bits per heavy atom. The molecular weight excluding hydrogens is 284 g/mol. The Morgan fingerprint density at radius 3 is 2.43 bits per heavy atom. The Labute approximate surface area is 129 Å². The molecule has 0 aromatic carbocycles. The van der Waals surface area contributed by atoms with Gasteiger partial charge < -0.3 is 15.4 Å². The summed E-state index contributed by atoms with van der Waals surface area (Å²) in [5, 5.41) is 6.58. The van der Waals surface area contributed by atoms with Gasteiger partial charge in [0.05, 0.1) is 13.7 Å². The van der Waals surface area contributed by atoms with Crippen molar-refractivity contribution in [3.8, 4) is 5.75 Å². The van der Waals surface area contributed by atoms with E-state index in [0.717, 1.165) is 37.6 Å². The van der Waals surface area contributed by atoms with E-state index in [4.69, 9.17) is 4.74 Å². The highest BCUT2D eigenvalue weighted by Crippen LogP contribution is 2.29. The lowest BCUT2D eigenvalue weighted by atomic mass is 10.3. The average Bonchev–Trinajstić information content (AvgIpc) is 2.98. The maximum Gasteiger partial charge on any atom is 0.204 e. The van der Waals surface area contributed by atoms with Crippen molar-refractivity contribution in [2.75, 3.05) is 24.3 Å². The third kappa shape index (κ3) is 4.07. The first-order valence-corrected chi connectivity index (χ1v) is 8.04. The number of aromatic nitrogens is 2. The first-order valence-electron chi connectivity index (χ1n) is 7.22.